The number of carbonyl (C=O) groups excluding carboxylic acids is 1. The summed E-state index contributed by atoms with van der Waals surface area (Å²) < 4.78 is 5.86. The largest absolute Gasteiger partial charge is 0.488 e. The average Bonchev–Trinajstić information content (AvgIpc) is 2.72. The monoisotopic (exact) mass is 369 g/mol. The van der Waals surface area contributed by atoms with Crippen LogP contribution in [0.3, 0.4) is 0 Å². The van der Waals surface area contributed by atoms with E-state index < -0.39 is 5.91 Å². The van der Waals surface area contributed by atoms with E-state index >= 15 is 0 Å². The molecule has 5 nitrogen and oxygen atoms in total. The predicted octanol–water partition coefficient (Wildman–Crippen LogP) is 4.51. The van der Waals surface area contributed by atoms with Crippen molar-refractivity contribution < 1.29 is 9.53 Å². The molecule has 0 spiro atoms. The first-order valence-electron chi connectivity index (χ1n) is 8.76. The molecule has 1 amide bonds. The van der Waals surface area contributed by atoms with E-state index in [1.807, 2.05) is 55.5 Å². The summed E-state index contributed by atoms with van der Waals surface area (Å²) in [7, 11) is 0. The second-order valence-electron chi connectivity index (χ2n) is 6.18. The van der Waals surface area contributed by atoms with Gasteiger partial charge in [0, 0.05) is 29.2 Å². The summed E-state index contributed by atoms with van der Waals surface area (Å²) in [5.74, 6) is 0.123. The molecule has 0 fully saturated rings. The van der Waals surface area contributed by atoms with Gasteiger partial charge in [0.2, 0.25) is 0 Å². The Bertz CT molecular complexity index is 1040. The van der Waals surface area contributed by atoms with Gasteiger partial charge in [0.05, 0.1) is 0 Å². The van der Waals surface area contributed by atoms with Crippen molar-refractivity contribution in [2.45, 2.75) is 13.5 Å². The van der Waals surface area contributed by atoms with Crippen molar-refractivity contribution in [2.24, 2.45) is 0 Å². The zero-order chi connectivity index (χ0) is 19.8. The van der Waals surface area contributed by atoms with E-state index in [1.54, 1.807) is 30.6 Å². The minimum Gasteiger partial charge on any atom is -0.488 e. The molecule has 28 heavy (non-hydrogen) atoms. The zero-order valence-corrected chi connectivity index (χ0v) is 15.4. The number of aromatic nitrogens is 1. The average molecular weight is 369 g/mol. The van der Waals surface area contributed by atoms with Gasteiger partial charge in [0.25, 0.3) is 5.91 Å². The molecule has 0 aliphatic carbocycles. The molecule has 0 saturated heterocycles. The minimum atomic E-state index is -0.463. The molecule has 0 saturated carbocycles. The van der Waals surface area contributed by atoms with Gasteiger partial charge in [-0.3, -0.25) is 9.78 Å². The van der Waals surface area contributed by atoms with Gasteiger partial charge in [-0.25, -0.2) is 0 Å². The highest BCUT2D eigenvalue weighted by molar-refractivity contribution is 6.09. The van der Waals surface area contributed by atoms with Gasteiger partial charge in [-0.05, 0) is 42.8 Å². The molecule has 0 atom stereocenters. The number of amides is 1. The maximum atomic E-state index is 12.5. The lowest BCUT2D eigenvalue weighted by Gasteiger charge is -2.10. The third kappa shape index (κ3) is 5.05. The normalized spacial score (nSPS) is 10.8. The number of hydrogen-bond donors (Lipinski definition) is 1. The lowest BCUT2D eigenvalue weighted by atomic mass is 10.1. The fourth-order valence-electron chi connectivity index (χ4n) is 2.60. The maximum absolute atomic E-state index is 12.5. The number of nitrogens with one attached hydrogen (secondary N) is 1. The van der Waals surface area contributed by atoms with Crippen molar-refractivity contribution in [3.8, 4) is 11.8 Å². The summed E-state index contributed by atoms with van der Waals surface area (Å²) in [6.45, 7) is 2.28. The highest BCUT2D eigenvalue weighted by Gasteiger charge is 2.11. The Hall–Kier alpha value is -3.91. The van der Waals surface area contributed by atoms with Gasteiger partial charge < -0.3 is 10.1 Å². The van der Waals surface area contributed by atoms with Gasteiger partial charge in [-0.1, -0.05) is 36.4 Å². The molecule has 0 aliphatic heterocycles. The van der Waals surface area contributed by atoms with Gasteiger partial charge in [-0.15, -0.1) is 0 Å². The maximum Gasteiger partial charge on any atom is 0.266 e. The number of nitriles is 1. The van der Waals surface area contributed by atoms with Crippen molar-refractivity contribution in [2.75, 3.05) is 5.32 Å². The summed E-state index contributed by atoms with van der Waals surface area (Å²) in [5.41, 5.74) is 3.25. The van der Waals surface area contributed by atoms with Gasteiger partial charge >= 0.3 is 0 Å². The molecule has 1 heterocycles. The molecule has 1 aromatic heterocycles. The Labute approximate surface area is 163 Å². The summed E-state index contributed by atoms with van der Waals surface area (Å²) in [4.78, 5) is 16.6. The molecule has 0 bridgehead atoms. The third-order valence-electron chi connectivity index (χ3n) is 3.98. The Kier molecular flexibility index (Phi) is 6.17. The number of pyridine rings is 1. The van der Waals surface area contributed by atoms with Crippen LogP contribution in [-0.2, 0) is 11.4 Å². The zero-order valence-electron chi connectivity index (χ0n) is 15.4. The lowest BCUT2D eigenvalue weighted by molar-refractivity contribution is -0.112. The first-order valence-corrected chi connectivity index (χ1v) is 8.76. The Morgan fingerprint density at radius 1 is 1.18 bits per heavy atom. The van der Waals surface area contributed by atoms with E-state index in [0.717, 1.165) is 11.1 Å². The highest BCUT2D eigenvalue weighted by atomic mass is 16.5. The topological polar surface area (TPSA) is 75.0 Å². The number of rotatable bonds is 6. The standard InChI is InChI=1S/C23H19N3O2/c1-17-6-4-9-21(12-17)26-23(27)20(14-24)13-19-8-2-3-10-22(19)28-16-18-7-5-11-25-15-18/h2-13,15H,16H2,1H3,(H,26,27)/b20-13+. The van der Waals surface area contributed by atoms with Crippen molar-refractivity contribution in [1.82, 2.24) is 4.98 Å². The van der Waals surface area contributed by atoms with E-state index in [9.17, 15) is 10.1 Å². The third-order valence-corrected chi connectivity index (χ3v) is 3.98. The Morgan fingerprint density at radius 2 is 2.04 bits per heavy atom. The molecule has 1 N–H and O–H groups in total. The van der Waals surface area contributed by atoms with Crippen LogP contribution in [0.5, 0.6) is 5.75 Å². The van der Waals surface area contributed by atoms with Gasteiger partial charge in [-0.2, -0.15) is 5.26 Å². The molecular formula is C23H19N3O2. The van der Waals surface area contributed by atoms with E-state index in [-0.39, 0.29) is 5.57 Å². The first kappa shape index (κ1) is 18.9. The lowest BCUT2D eigenvalue weighted by Crippen LogP contribution is -2.13. The number of anilines is 1. The van der Waals surface area contributed by atoms with Crippen LogP contribution in [0.25, 0.3) is 6.08 Å². The van der Waals surface area contributed by atoms with Crippen LogP contribution in [0.15, 0.2) is 78.6 Å². The summed E-state index contributed by atoms with van der Waals surface area (Å²) in [6.07, 6.45) is 4.96. The molecule has 138 valence electrons. The van der Waals surface area contributed by atoms with Crippen molar-refractivity contribution >= 4 is 17.7 Å². The molecule has 3 aromatic rings. The molecule has 5 heteroatoms. The van der Waals surface area contributed by atoms with E-state index in [0.29, 0.717) is 23.6 Å². The number of hydrogen-bond acceptors (Lipinski definition) is 4. The van der Waals surface area contributed by atoms with Gasteiger partial charge in [0.15, 0.2) is 0 Å². The molecule has 0 unspecified atom stereocenters. The van der Waals surface area contributed by atoms with Crippen molar-refractivity contribution in [3.05, 3.63) is 95.3 Å². The number of aryl methyl sites for hydroxylation is 1. The number of benzene rings is 2. The summed E-state index contributed by atoms with van der Waals surface area (Å²) in [6, 6.07) is 20.4. The van der Waals surface area contributed by atoms with E-state index in [4.69, 9.17) is 4.74 Å². The molecular weight excluding hydrogens is 350 g/mol. The minimum absolute atomic E-state index is 0.000987. The highest BCUT2D eigenvalue weighted by Crippen LogP contribution is 2.22. The molecule has 0 aliphatic rings. The number of carbonyl (C=O) groups is 1. The van der Waals surface area contributed by atoms with Crippen LogP contribution in [0, 0.1) is 18.3 Å². The summed E-state index contributed by atoms with van der Waals surface area (Å²) in [5, 5.41) is 12.2. The van der Waals surface area contributed by atoms with E-state index in [2.05, 4.69) is 10.3 Å². The van der Waals surface area contributed by atoms with Crippen LogP contribution in [0.1, 0.15) is 16.7 Å². The Balaban J connectivity index is 1.78. The number of ether oxygens (including phenoxy) is 1. The number of para-hydroxylation sites is 1. The fourth-order valence-corrected chi connectivity index (χ4v) is 2.60. The Morgan fingerprint density at radius 3 is 2.79 bits per heavy atom. The quantitative estimate of drug-likeness (QED) is 0.512. The van der Waals surface area contributed by atoms with Gasteiger partial charge in [0.1, 0.15) is 24.0 Å². The predicted molar refractivity (Wildman–Crippen MR) is 108 cm³/mol. The van der Waals surface area contributed by atoms with Crippen LogP contribution in [0.2, 0.25) is 0 Å². The first-order chi connectivity index (χ1) is 13.7. The number of nitrogens with zero attached hydrogens (tertiary/aromatic N) is 2. The second kappa shape index (κ2) is 9.15. The summed E-state index contributed by atoms with van der Waals surface area (Å²) >= 11 is 0. The smallest absolute Gasteiger partial charge is 0.266 e. The SMILES string of the molecule is Cc1cccc(NC(=O)/C(C#N)=C/c2ccccc2OCc2cccnc2)c1. The van der Waals surface area contributed by atoms with Crippen molar-refractivity contribution in [1.29, 1.82) is 5.26 Å². The van der Waals surface area contributed by atoms with Crippen LogP contribution < -0.4 is 10.1 Å². The molecule has 3 rings (SSSR count). The van der Waals surface area contributed by atoms with Crippen molar-refractivity contribution in [3.63, 3.8) is 0 Å². The van der Waals surface area contributed by atoms with Crippen LogP contribution in [-0.4, -0.2) is 10.9 Å². The van der Waals surface area contributed by atoms with Crippen LogP contribution >= 0.6 is 0 Å². The van der Waals surface area contributed by atoms with E-state index in [1.165, 1.54) is 6.08 Å². The fraction of sp³-hybridized carbons (Fsp3) is 0.0870. The molecule has 0 radical (unpaired) electrons. The molecule has 2 aromatic carbocycles. The van der Waals surface area contributed by atoms with Crippen LogP contribution in [0.4, 0.5) is 5.69 Å². The second-order valence-corrected chi connectivity index (χ2v) is 6.18.